The van der Waals surface area contributed by atoms with Gasteiger partial charge in [0.2, 0.25) is 10.0 Å². The topological polar surface area (TPSA) is 76.9 Å². The van der Waals surface area contributed by atoms with Crippen LogP contribution >= 0.6 is 0 Å². The fraction of sp³-hybridized carbons (Fsp3) is 0.250. The summed E-state index contributed by atoms with van der Waals surface area (Å²) < 4.78 is 30.1. The Hall–Kier alpha value is -3.03. The van der Waals surface area contributed by atoms with Gasteiger partial charge in [-0.15, -0.1) is 0 Å². The fourth-order valence-electron chi connectivity index (χ4n) is 3.61. The van der Waals surface area contributed by atoms with Gasteiger partial charge in [0.1, 0.15) is 11.3 Å². The van der Waals surface area contributed by atoms with Gasteiger partial charge in [-0.3, -0.25) is 0 Å². The number of rotatable bonds is 9. The number of sulfonamides is 1. The minimum Gasteiger partial charge on any atom is -0.311 e. The van der Waals surface area contributed by atoms with Gasteiger partial charge in [-0.05, 0) is 48.2 Å². The Morgan fingerprint density at radius 2 is 1.68 bits per heavy atom. The van der Waals surface area contributed by atoms with E-state index in [9.17, 15) is 8.42 Å². The lowest BCUT2D eigenvalue weighted by Crippen LogP contribution is -2.28. The normalized spacial score (nSPS) is 11.8. The molecule has 0 fully saturated rings. The zero-order valence-corrected chi connectivity index (χ0v) is 18.3. The maximum absolute atomic E-state index is 12.7. The third-order valence-corrected chi connectivity index (χ3v) is 6.81. The Morgan fingerprint density at radius 3 is 2.42 bits per heavy atom. The van der Waals surface area contributed by atoms with Crippen LogP contribution in [0.5, 0.6) is 0 Å². The number of fused-ring (bicyclic) bond motifs is 1. The number of imidazole rings is 1. The summed E-state index contributed by atoms with van der Waals surface area (Å²) in [6.45, 7) is 2.77. The van der Waals surface area contributed by atoms with E-state index >= 15 is 0 Å². The first-order chi connectivity index (χ1) is 15.1. The largest absolute Gasteiger partial charge is 0.311 e. The van der Waals surface area contributed by atoms with Crippen LogP contribution in [0.2, 0.25) is 0 Å². The van der Waals surface area contributed by atoms with Crippen molar-refractivity contribution in [3.8, 4) is 0 Å². The zero-order chi connectivity index (χ0) is 21.7. The van der Waals surface area contributed by atoms with Crippen LogP contribution in [0.4, 0.5) is 0 Å². The number of aromatic nitrogens is 3. The molecular formula is C24H26N4O2S. The van der Waals surface area contributed by atoms with Crippen molar-refractivity contribution in [2.75, 3.05) is 6.54 Å². The molecule has 0 unspecified atom stereocenters. The highest BCUT2D eigenvalue weighted by molar-refractivity contribution is 7.89. The first-order valence-electron chi connectivity index (χ1n) is 10.5. The molecule has 2 aromatic heterocycles. The smallest absolute Gasteiger partial charge is 0.240 e. The van der Waals surface area contributed by atoms with Gasteiger partial charge in [-0.25, -0.2) is 23.1 Å². The molecule has 0 amide bonds. The molecule has 2 aromatic carbocycles. The van der Waals surface area contributed by atoms with Gasteiger partial charge < -0.3 is 4.57 Å². The van der Waals surface area contributed by atoms with Crippen LogP contribution < -0.4 is 4.72 Å². The fourth-order valence-corrected chi connectivity index (χ4v) is 4.63. The zero-order valence-electron chi connectivity index (χ0n) is 17.5. The third kappa shape index (κ3) is 5.00. The van der Waals surface area contributed by atoms with Crippen LogP contribution in [-0.4, -0.2) is 29.5 Å². The number of pyridine rings is 1. The quantitative estimate of drug-likeness (QED) is 0.435. The summed E-state index contributed by atoms with van der Waals surface area (Å²) in [6, 6.07) is 21.1. The van der Waals surface area contributed by atoms with E-state index in [0.29, 0.717) is 6.54 Å². The number of benzene rings is 2. The van der Waals surface area contributed by atoms with Crippen LogP contribution in [0.3, 0.4) is 0 Å². The van der Waals surface area contributed by atoms with Crippen molar-refractivity contribution in [3.05, 3.63) is 89.9 Å². The highest BCUT2D eigenvalue weighted by atomic mass is 32.2. The Morgan fingerprint density at radius 1 is 0.903 bits per heavy atom. The summed E-state index contributed by atoms with van der Waals surface area (Å²) in [6.07, 6.45) is 4.23. The second kappa shape index (κ2) is 9.41. The van der Waals surface area contributed by atoms with E-state index < -0.39 is 10.0 Å². The van der Waals surface area contributed by atoms with Crippen molar-refractivity contribution in [2.24, 2.45) is 0 Å². The molecule has 0 atom stereocenters. The van der Waals surface area contributed by atoms with Gasteiger partial charge in [0, 0.05) is 25.7 Å². The molecule has 0 radical (unpaired) electrons. The number of aryl methyl sites for hydroxylation is 3. The molecule has 0 bridgehead atoms. The van der Waals surface area contributed by atoms with Crippen molar-refractivity contribution in [2.45, 2.75) is 37.6 Å². The Balaban J connectivity index is 1.49. The van der Waals surface area contributed by atoms with E-state index in [2.05, 4.69) is 21.8 Å². The second-order valence-corrected chi connectivity index (χ2v) is 9.17. The Kier molecular flexibility index (Phi) is 6.44. The molecule has 31 heavy (non-hydrogen) atoms. The standard InChI is InChI=1S/C24H26N4O2S/c1-2-19-10-13-21(14-11-19)31(29,30)26-17-18-28-23(15-12-20-7-4-3-5-8-20)27-22-9-6-16-25-24(22)28/h3-11,13-14,16,26H,2,12,15,17-18H2,1H3. The minimum absolute atomic E-state index is 0.262. The molecule has 1 N–H and O–H groups in total. The average Bonchev–Trinajstić information content (AvgIpc) is 3.16. The Bertz CT molecular complexity index is 1250. The maximum atomic E-state index is 12.7. The third-order valence-electron chi connectivity index (χ3n) is 5.33. The molecule has 4 aromatic rings. The predicted octanol–water partition coefficient (Wildman–Crippen LogP) is 3.76. The van der Waals surface area contributed by atoms with E-state index in [1.807, 2.05) is 54.0 Å². The lowest BCUT2D eigenvalue weighted by Gasteiger charge is -2.11. The van der Waals surface area contributed by atoms with E-state index in [-0.39, 0.29) is 11.4 Å². The van der Waals surface area contributed by atoms with Crippen molar-refractivity contribution in [3.63, 3.8) is 0 Å². The first-order valence-corrected chi connectivity index (χ1v) is 12.0. The van der Waals surface area contributed by atoms with E-state index in [1.54, 1.807) is 18.3 Å². The molecule has 0 aliphatic rings. The summed E-state index contributed by atoms with van der Waals surface area (Å²) in [7, 11) is -3.56. The highest BCUT2D eigenvalue weighted by Gasteiger charge is 2.15. The highest BCUT2D eigenvalue weighted by Crippen LogP contribution is 2.16. The number of nitrogens with zero attached hydrogens (tertiary/aromatic N) is 3. The van der Waals surface area contributed by atoms with Crippen LogP contribution in [0, 0.1) is 0 Å². The Labute approximate surface area is 183 Å². The lowest BCUT2D eigenvalue weighted by molar-refractivity contribution is 0.570. The lowest BCUT2D eigenvalue weighted by atomic mass is 10.1. The second-order valence-electron chi connectivity index (χ2n) is 7.41. The maximum Gasteiger partial charge on any atom is 0.240 e. The summed E-state index contributed by atoms with van der Waals surface area (Å²) in [5, 5.41) is 0. The van der Waals surface area contributed by atoms with Crippen LogP contribution in [-0.2, 0) is 35.8 Å². The summed E-state index contributed by atoms with van der Waals surface area (Å²) >= 11 is 0. The molecule has 0 saturated carbocycles. The van der Waals surface area contributed by atoms with Gasteiger partial charge in [-0.1, -0.05) is 49.4 Å². The van der Waals surface area contributed by atoms with Crippen molar-refractivity contribution in [1.29, 1.82) is 0 Å². The monoisotopic (exact) mass is 434 g/mol. The van der Waals surface area contributed by atoms with Crippen LogP contribution in [0.1, 0.15) is 23.9 Å². The van der Waals surface area contributed by atoms with Crippen molar-refractivity contribution >= 4 is 21.2 Å². The molecule has 6 nitrogen and oxygen atoms in total. The van der Waals surface area contributed by atoms with Crippen molar-refractivity contribution < 1.29 is 8.42 Å². The molecular weight excluding hydrogens is 408 g/mol. The first kappa shape index (κ1) is 21.2. The summed E-state index contributed by atoms with van der Waals surface area (Å²) in [5.41, 5.74) is 3.95. The summed E-state index contributed by atoms with van der Waals surface area (Å²) in [4.78, 5) is 9.50. The van der Waals surface area contributed by atoms with Gasteiger partial charge in [0.05, 0.1) is 4.90 Å². The van der Waals surface area contributed by atoms with Gasteiger partial charge >= 0.3 is 0 Å². The number of hydrogen-bond donors (Lipinski definition) is 1. The van der Waals surface area contributed by atoms with Crippen molar-refractivity contribution in [1.82, 2.24) is 19.3 Å². The van der Waals surface area contributed by atoms with E-state index in [0.717, 1.165) is 41.8 Å². The van der Waals surface area contributed by atoms with Crippen LogP contribution in [0.15, 0.2) is 77.8 Å². The molecule has 0 aliphatic carbocycles. The average molecular weight is 435 g/mol. The van der Waals surface area contributed by atoms with Gasteiger partial charge in [0.25, 0.3) is 0 Å². The molecule has 0 saturated heterocycles. The SMILES string of the molecule is CCc1ccc(S(=O)(=O)NCCn2c(CCc3ccccc3)nc3cccnc32)cc1. The predicted molar refractivity (Wildman–Crippen MR) is 122 cm³/mol. The molecule has 0 aliphatic heterocycles. The van der Waals surface area contributed by atoms with Crippen LogP contribution in [0.25, 0.3) is 11.2 Å². The number of nitrogens with one attached hydrogen (secondary N) is 1. The molecule has 7 heteroatoms. The number of hydrogen-bond acceptors (Lipinski definition) is 4. The molecule has 2 heterocycles. The molecule has 160 valence electrons. The minimum atomic E-state index is -3.56. The van der Waals surface area contributed by atoms with E-state index in [4.69, 9.17) is 4.98 Å². The van der Waals surface area contributed by atoms with Gasteiger partial charge in [0.15, 0.2) is 5.65 Å². The van der Waals surface area contributed by atoms with Gasteiger partial charge in [-0.2, -0.15) is 0 Å². The molecule has 4 rings (SSSR count). The van der Waals surface area contributed by atoms with E-state index in [1.165, 1.54) is 5.56 Å². The summed E-state index contributed by atoms with van der Waals surface area (Å²) in [5.74, 6) is 0.907. The molecule has 0 spiro atoms.